The van der Waals surface area contributed by atoms with Gasteiger partial charge in [0.05, 0.1) is 6.20 Å². The molecule has 90 valence electrons. The van der Waals surface area contributed by atoms with Crippen LogP contribution in [0.4, 0.5) is 5.82 Å². The number of hydrogen-bond acceptors (Lipinski definition) is 4. The summed E-state index contributed by atoms with van der Waals surface area (Å²) >= 11 is 2.01. The lowest BCUT2D eigenvalue weighted by Gasteiger charge is -2.14. The average Bonchev–Trinajstić information content (AvgIpc) is 2.98. The van der Waals surface area contributed by atoms with E-state index in [0.29, 0.717) is 6.04 Å². The molecular formula is C12H16N4S. The number of nitrogens with zero attached hydrogens (tertiary/aromatic N) is 3. The van der Waals surface area contributed by atoms with Crippen LogP contribution in [0.5, 0.6) is 0 Å². The number of fused-ring (bicyclic) bond motifs is 1. The summed E-state index contributed by atoms with van der Waals surface area (Å²) in [5.41, 5.74) is 2.05. The van der Waals surface area contributed by atoms with Gasteiger partial charge in [0.15, 0.2) is 5.65 Å². The summed E-state index contributed by atoms with van der Waals surface area (Å²) in [6.45, 7) is 2.13. The van der Waals surface area contributed by atoms with Gasteiger partial charge >= 0.3 is 0 Å². The van der Waals surface area contributed by atoms with E-state index in [0.717, 1.165) is 23.6 Å². The second kappa shape index (κ2) is 4.56. The maximum Gasteiger partial charge on any atom is 0.157 e. The molecule has 1 aliphatic rings. The van der Waals surface area contributed by atoms with E-state index in [2.05, 4.69) is 28.4 Å². The lowest BCUT2D eigenvalue weighted by molar-refractivity contribution is 0.788. The summed E-state index contributed by atoms with van der Waals surface area (Å²) in [6, 6.07) is 4.64. The van der Waals surface area contributed by atoms with E-state index in [9.17, 15) is 0 Å². The maximum atomic E-state index is 4.54. The van der Waals surface area contributed by atoms with E-state index in [1.54, 1.807) is 6.20 Å². The topological polar surface area (TPSA) is 42.2 Å². The van der Waals surface area contributed by atoms with Crippen molar-refractivity contribution in [3.05, 3.63) is 24.0 Å². The second-order valence-corrected chi connectivity index (χ2v) is 5.44. The van der Waals surface area contributed by atoms with E-state index >= 15 is 0 Å². The number of rotatable bonds is 3. The maximum absolute atomic E-state index is 4.54. The predicted octanol–water partition coefficient (Wildman–Crippen LogP) is 2.21. The predicted molar refractivity (Wildman–Crippen MR) is 71.7 cm³/mol. The molecule has 0 aliphatic carbocycles. The highest BCUT2D eigenvalue weighted by Gasteiger charge is 2.16. The highest BCUT2D eigenvalue weighted by Crippen LogP contribution is 2.22. The van der Waals surface area contributed by atoms with Gasteiger partial charge in [-0.1, -0.05) is 6.92 Å². The third-order valence-electron chi connectivity index (χ3n) is 3.06. The molecule has 1 N–H and O–H groups in total. The van der Waals surface area contributed by atoms with Crippen molar-refractivity contribution in [2.45, 2.75) is 25.8 Å². The van der Waals surface area contributed by atoms with E-state index in [4.69, 9.17) is 0 Å². The quantitative estimate of drug-likeness (QED) is 0.904. The molecule has 0 aromatic carbocycles. The molecule has 1 atom stereocenters. The molecule has 0 amide bonds. The zero-order chi connectivity index (χ0) is 11.7. The van der Waals surface area contributed by atoms with Crippen molar-refractivity contribution in [2.75, 3.05) is 16.8 Å². The smallest absolute Gasteiger partial charge is 0.157 e. The molecule has 1 saturated heterocycles. The number of aryl methyl sites for hydroxylation is 1. The molecule has 1 unspecified atom stereocenters. The number of aromatic nitrogens is 3. The molecule has 2 aromatic rings. The van der Waals surface area contributed by atoms with Gasteiger partial charge < -0.3 is 5.32 Å². The fraction of sp³-hybridized carbons (Fsp3) is 0.500. The molecule has 0 saturated carbocycles. The highest BCUT2D eigenvalue weighted by molar-refractivity contribution is 7.99. The van der Waals surface area contributed by atoms with E-state index in [1.165, 1.54) is 17.9 Å². The summed E-state index contributed by atoms with van der Waals surface area (Å²) in [7, 11) is 0. The van der Waals surface area contributed by atoms with E-state index < -0.39 is 0 Å². The van der Waals surface area contributed by atoms with Crippen LogP contribution in [0.3, 0.4) is 0 Å². The van der Waals surface area contributed by atoms with Crippen molar-refractivity contribution in [2.24, 2.45) is 0 Å². The molecule has 5 heteroatoms. The average molecular weight is 248 g/mol. The van der Waals surface area contributed by atoms with Crippen molar-refractivity contribution in [1.82, 2.24) is 14.6 Å². The number of thioether (sulfide) groups is 1. The van der Waals surface area contributed by atoms with Gasteiger partial charge in [-0.05, 0) is 18.6 Å². The lowest BCUT2D eigenvalue weighted by atomic mass is 10.2. The van der Waals surface area contributed by atoms with E-state index in [1.807, 2.05) is 22.3 Å². The Kier molecular flexibility index (Phi) is 2.93. The molecule has 0 spiro atoms. The first kappa shape index (κ1) is 10.9. The second-order valence-electron chi connectivity index (χ2n) is 4.29. The normalized spacial score (nSPS) is 19.9. The van der Waals surface area contributed by atoms with Crippen LogP contribution in [0, 0.1) is 0 Å². The third kappa shape index (κ3) is 2.11. The van der Waals surface area contributed by atoms with Crippen LogP contribution in [0.25, 0.3) is 5.65 Å². The Morgan fingerprint density at radius 3 is 3.29 bits per heavy atom. The Labute approximate surface area is 105 Å². The summed E-state index contributed by atoms with van der Waals surface area (Å²) in [6.07, 6.45) is 3.99. The zero-order valence-corrected chi connectivity index (χ0v) is 10.7. The van der Waals surface area contributed by atoms with Gasteiger partial charge in [0.2, 0.25) is 0 Å². The van der Waals surface area contributed by atoms with Crippen molar-refractivity contribution >= 4 is 23.2 Å². The third-order valence-corrected chi connectivity index (χ3v) is 4.22. The highest BCUT2D eigenvalue weighted by atomic mass is 32.2. The Morgan fingerprint density at radius 2 is 2.53 bits per heavy atom. The summed E-state index contributed by atoms with van der Waals surface area (Å²) < 4.78 is 1.89. The Bertz CT molecular complexity index is 516. The number of nitrogens with one attached hydrogen (secondary N) is 1. The van der Waals surface area contributed by atoms with Gasteiger partial charge in [0, 0.05) is 29.6 Å². The van der Waals surface area contributed by atoms with Crippen LogP contribution in [0.2, 0.25) is 0 Å². The first-order chi connectivity index (χ1) is 8.36. The van der Waals surface area contributed by atoms with Crippen LogP contribution < -0.4 is 5.32 Å². The summed E-state index contributed by atoms with van der Waals surface area (Å²) in [5.74, 6) is 3.52. The van der Waals surface area contributed by atoms with Crippen molar-refractivity contribution in [3.8, 4) is 0 Å². The molecule has 2 aromatic heterocycles. The van der Waals surface area contributed by atoms with Crippen molar-refractivity contribution in [1.29, 1.82) is 0 Å². The first-order valence-corrected chi connectivity index (χ1v) is 7.20. The minimum absolute atomic E-state index is 0.569. The van der Waals surface area contributed by atoms with Gasteiger partial charge in [-0.3, -0.25) is 0 Å². The fourth-order valence-corrected chi connectivity index (χ4v) is 3.26. The molecule has 4 nitrogen and oxygen atoms in total. The number of anilines is 1. The lowest BCUT2D eigenvalue weighted by Crippen LogP contribution is -2.20. The van der Waals surface area contributed by atoms with Gasteiger partial charge in [-0.25, -0.2) is 4.98 Å². The first-order valence-electron chi connectivity index (χ1n) is 6.05. The van der Waals surface area contributed by atoms with E-state index in [-0.39, 0.29) is 0 Å². The van der Waals surface area contributed by atoms with Crippen molar-refractivity contribution in [3.63, 3.8) is 0 Å². The molecule has 0 bridgehead atoms. The van der Waals surface area contributed by atoms with Gasteiger partial charge in [0.1, 0.15) is 5.82 Å². The van der Waals surface area contributed by atoms with Crippen LogP contribution >= 0.6 is 11.8 Å². The number of hydrogen-bond donors (Lipinski definition) is 1. The Hall–Kier alpha value is -1.23. The van der Waals surface area contributed by atoms with Crippen LogP contribution in [0.1, 0.15) is 19.0 Å². The monoisotopic (exact) mass is 248 g/mol. The molecule has 1 aliphatic heterocycles. The molecule has 0 radical (unpaired) electrons. The van der Waals surface area contributed by atoms with Crippen LogP contribution in [-0.4, -0.2) is 32.1 Å². The van der Waals surface area contributed by atoms with Gasteiger partial charge in [-0.15, -0.1) is 0 Å². The molecule has 3 heterocycles. The molecular weight excluding hydrogens is 232 g/mol. The molecule has 17 heavy (non-hydrogen) atoms. The molecule has 3 rings (SSSR count). The SMILES string of the molecule is CCc1cc(NC2CCSC2)n2nccc2n1. The Balaban J connectivity index is 1.97. The Morgan fingerprint density at radius 1 is 1.59 bits per heavy atom. The molecule has 1 fully saturated rings. The standard InChI is InChI=1S/C12H16N4S/c1-2-9-7-12(15-10-4-6-17-8-10)16-11(14-9)3-5-13-16/h3,5,7,10,15H,2,4,6,8H2,1H3. The minimum atomic E-state index is 0.569. The van der Waals surface area contributed by atoms with Crippen LogP contribution in [0.15, 0.2) is 18.3 Å². The van der Waals surface area contributed by atoms with Gasteiger partial charge in [0.25, 0.3) is 0 Å². The van der Waals surface area contributed by atoms with Crippen molar-refractivity contribution < 1.29 is 0 Å². The van der Waals surface area contributed by atoms with Crippen LogP contribution in [-0.2, 0) is 6.42 Å². The minimum Gasteiger partial charge on any atom is -0.366 e. The summed E-state index contributed by atoms with van der Waals surface area (Å²) in [5, 5.41) is 7.91. The zero-order valence-electron chi connectivity index (χ0n) is 9.89. The summed E-state index contributed by atoms with van der Waals surface area (Å²) in [4.78, 5) is 4.54. The largest absolute Gasteiger partial charge is 0.366 e. The fourth-order valence-electron chi connectivity index (χ4n) is 2.11. The van der Waals surface area contributed by atoms with Gasteiger partial charge in [-0.2, -0.15) is 21.4 Å².